The monoisotopic (exact) mass is 334 g/mol. The van der Waals surface area contributed by atoms with E-state index in [1.54, 1.807) is 0 Å². The lowest BCUT2D eigenvalue weighted by molar-refractivity contribution is 0.0314. The summed E-state index contributed by atoms with van der Waals surface area (Å²) in [4.78, 5) is 0. The normalized spacial score (nSPS) is 23.7. The van der Waals surface area contributed by atoms with Crippen molar-refractivity contribution in [2.45, 2.75) is 36.7 Å². The summed E-state index contributed by atoms with van der Waals surface area (Å²) in [7, 11) is 0. The number of ether oxygens (including phenoxy) is 3. The molecule has 1 aromatic heterocycles. The van der Waals surface area contributed by atoms with Gasteiger partial charge in [-0.1, -0.05) is 23.9 Å². The zero-order chi connectivity index (χ0) is 15.5. The fraction of sp³-hybridized carbons (Fsp3) is 0.500. The second kappa shape index (κ2) is 6.80. The molecule has 4 rings (SSSR count). The predicted molar refractivity (Wildman–Crippen MR) is 83.9 cm³/mol. The Hall–Kier alpha value is -1.73. The summed E-state index contributed by atoms with van der Waals surface area (Å²) in [6, 6.07) is 7.57. The van der Waals surface area contributed by atoms with E-state index in [2.05, 4.69) is 10.2 Å². The quantitative estimate of drug-likeness (QED) is 0.795. The van der Waals surface area contributed by atoms with E-state index >= 15 is 0 Å². The first-order chi connectivity index (χ1) is 11.4. The highest BCUT2D eigenvalue weighted by Gasteiger charge is 2.27. The number of hydrogen-bond donors (Lipinski definition) is 0. The van der Waals surface area contributed by atoms with Crippen molar-refractivity contribution in [2.24, 2.45) is 0 Å². The number of aromatic nitrogens is 2. The molecule has 122 valence electrons. The molecule has 0 saturated carbocycles. The van der Waals surface area contributed by atoms with Crippen molar-refractivity contribution >= 4 is 11.8 Å². The molecule has 2 atom stereocenters. The summed E-state index contributed by atoms with van der Waals surface area (Å²) >= 11 is 1.54. The maximum atomic E-state index is 5.87. The van der Waals surface area contributed by atoms with Crippen molar-refractivity contribution in [3.63, 3.8) is 0 Å². The third-order valence-electron chi connectivity index (χ3n) is 3.87. The van der Waals surface area contributed by atoms with E-state index in [1.165, 1.54) is 18.2 Å². The van der Waals surface area contributed by atoms with E-state index < -0.39 is 0 Å². The summed E-state index contributed by atoms with van der Waals surface area (Å²) in [6.07, 6.45) is 3.41. The second-order valence-corrected chi connectivity index (χ2v) is 6.54. The van der Waals surface area contributed by atoms with Gasteiger partial charge in [-0.05, 0) is 31.4 Å². The molecule has 0 radical (unpaired) electrons. The molecule has 6 nitrogen and oxygen atoms in total. The zero-order valence-electron chi connectivity index (χ0n) is 12.6. The minimum Gasteiger partial charge on any atom is -0.485 e. The third kappa shape index (κ3) is 3.45. The van der Waals surface area contributed by atoms with Crippen molar-refractivity contribution in [1.82, 2.24) is 10.2 Å². The molecule has 2 aromatic rings. The molecule has 23 heavy (non-hydrogen) atoms. The average Bonchev–Trinajstić information content (AvgIpc) is 3.09. The van der Waals surface area contributed by atoms with Crippen LogP contribution in [0, 0.1) is 0 Å². The van der Waals surface area contributed by atoms with Crippen LogP contribution in [0.15, 0.2) is 33.9 Å². The van der Waals surface area contributed by atoms with Crippen LogP contribution in [0.4, 0.5) is 0 Å². The van der Waals surface area contributed by atoms with E-state index in [1.807, 2.05) is 24.3 Å². The topological polar surface area (TPSA) is 66.6 Å². The Balaban J connectivity index is 1.36. The van der Waals surface area contributed by atoms with Crippen LogP contribution in [0.3, 0.4) is 0 Å². The van der Waals surface area contributed by atoms with Gasteiger partial charge < -0.3 is 18.6 Å². The molecule has 3 heterocycles. The van der Waals surface area contributed by atoms with Crippen LogP contribution in [0.2, 0.25) is 0 Å². The summed E-state index contributed by atoms with van der Waals surface area (Å²) < 4.78 is 23.0. The number of rotatable bonds is 4. The van der Waals surface area contributed by atoms with Gasteiger partial charge in [-0.25, -0.2) is 0 Å². The highest BCUT2D eigenvalue weighted by molar-refractivity contribution is 7.99. The van der Waals surface area contributed by atoms with Gasteiger partial charge in [0, 0.05) is 12.4 Å². The number of benzene rings is 1. The summed E-state index contributed by atoms with van der Waals surface area (Å²) in [5.41, 5.74) is 0. The molecular weight excluding hydrogens is 316 g/mol. The Labute approximate surface area is 138 Å². The van der Waals surface area contributed by atoms with Gasteiger partial charge in [-0.3, -0.25) is 0 Å². The molecule has 1 fully saturated rings. The molecule has 0 unspecified atom stereocenters. The third-order valence-corrected chi connectivity index (χ3v) is 4.82. The SMILES string of the molecule is c1ccc2c(c1)OC[C@H](c1nnc(SC[C@H]3CCCCO3)o1)O2. The highest BCUT2D eigenvalue weighted by Crippen LogP contribution is 2.36. The van der Waals surface area contributed by atoms with Crippen molar-refractivity contribution in [3.8, 4) is 11.5 Å². The van der Waals surface area contributed by atoms with Crippen LogP contribution >= 0.6 is 11.8 Å². The Kier molecular flexibility index (Phi) is 4.39. The van der Waals surface area contributed by atoms with Crippen molar-refractivity contribution in [1.29, 1.82) is 0 Å². The standard InChI is InChI=1S/C16H18N2O4S/c1-2-7-13-12(6-1)20-9-14(21-13)15-17-18-16(22-15)23-10-11-5-3-4-8-19-11/h1-2,6-7,11,14H,3-5,8-10H2/t11-,14-/m1/s1. The summed E-state index contributed by atoms with van der Waals surface area (Å²) in [6.45, 7) is 1.22. The first-order valence-electron chi connectivity index (χ1n) is 7.85. The van der Waals surface area contributed by atoms with Crippen LogP contribution in [0.1, 0.15) is 31.3 Å². The predicted octanol–water partition coefficient (Wildman–Crippen LogP) is 3.24. The zero-order valence-corrected chi connectivity index (χ0v) is 13.5. The number of hydrogen-bond acceptors (Lipinski definition) is 7. The van der Waals surface area contributed by atoms with Crippen LogP contribution < -0.4 is 9.47 Å². The van der Waals surface area contributed by atoms with Crippen LogP contribution in [-0.2, 0) is 4.74 Å². The van der Waals surface area contributed by atoms with Crippen molar-refractivity contribution in [3.05, 3.63) is 30.2 Å². The number of fused-ring (bicyclic) bond motifs is 1. The highest BCUT2D eigenvalue weighted by atomic mass is 32.2. The molecule has 2 aliphatic heterocycles. The van der Waals surface area contributed by atoms with Gasteiger partial charge in [0.1, 0.15) is 6.61 Å². The van der Waals surface area contributed by atoms with E-state index in [9.17, 15) is 0 Å². The largest absolute Gasteiger partial charge is 0.485 e. The lowest BCUT2D eigenvalue weighted by Gasteiger charge is -2.23. The number of nitrogens with zero attached hydrogens (tertiary/aromatic N) is 2. The minimum atomic E-state index is -0.363. The molecule has 1 aromatic carbocycles. The number of para-hydroxylation sites is 2. The Morgan fingerprint density at radius 2 is 2.04 bits per heavy atom. The fourth-order valence-corrected chi connectivity index (χ4v) is 3.49. The molecule has 1 saturated heterocycles. The fourth-order valence-electron chi connectivity index (χ4n) is 2.65. The average molecular weight is 334 g/mol. The second-order valence-electron chi connectivity index (χ2n) is 5.57. The van der Waals surface area contributed by atoms with Gasteiger partial charge in [-0.2, -0.15) is 0 Å². The maximum Gasteiger partial charge on any atom is 0.276 e. The first-order valence-corrected chi connectivity index (χ1v) is 8.83. The molecule has 0 spiro atoms. The van der Waals surface area contributed by atoms with Crippen LogP contribution in [0.25, 0.3) is 0 Å². The van der Waals surface area contributed by atoms with Gasteiger partial charge in [0.25, 0.3) is 11.1 Å². The summed E-state index contributed by atoms with van der Waals surface area (Å²) in [5.74, 6) is 2.73. The van der Waals surface area contributed by atoms with Gasteiger partial charge >= 0.3 is 0 Å². The van der Waals surface area contributed by atoms with Gasteiger partial charge in [0.2, 0.25) is 6.10 Å². The Morgan fingerprint density at radius 1 is 1.13 bits per heavy atom. The lowest BCUT2D eigenvalue weighted by Crippen LogP contribution is -2.21. The molecule has 7 heteroatoms. The smallest absolute Gasteiger partial charge is 0.276 e. The van der Waals surface area contributed by atoms with E-state index in [-0.39, 0.29) is 12.2 Å². The lowest BCUT2D eigenvalue weighted by atomic mass is 10.1. The van der Waals surface area contributed by atoms with Crippen molar-refractivity contribution < 1.29 is 18.6 Å². The summed E-state index contributed by atoms with van der Waals surface area (Å²) in [5, 5.41) is 8.73. The van der Waals surface area contributed by atoms with Gasteiger partial charge in [0.05, 0.1) is 6.10 Å². The molecule has 0 bridgehead atoms. The molecule has 0 N–H and O–H groups in total. The van der Waals surface area contributed by atoms with E-state index in [0.29, 0.717) is 23.5 Å². The van der Waals surface area contributed by atoms with Crippen LogP contribution in [0.5, 0.6) is 11.5 Å². The molecular formula is C16H18N2O4S. The van der Waals surface area contributed by atoms with E-state index in [0.717, 1.165) is 31.0 Å². The van der Waals surface area contributed by atoms with Gasteiger partial charge in [-0.15, -0.1) is 10.2 Å². The molecule has 2 aliphatic rings. The van der Waals surface area contributed by atoms with Crippen molar-refractivity contribution in [2.75, 3.05) is 19.0 Å². The molecule has 0 aliphatic carbocycles. The number of thioether (sulfide) groups is 1. The maximum absolute atomic E-state index is 5.87. The van der Waals surface area contributed by atoms with Crippen LogP contribution in [-0.4, -0.2) is 35.3 Å². The Morgan fingerprint density at radius 3 is 2.91 bits per heavy atom. The van der Waals surface area contributed by atoms with E-state index in [4.69, 9.17) is 18.6 Å². The molecule has 0 amide bonds. The Bertz CT molecular complexity index is 657. The van der Waals surface area contributed by atoms with Gasteiger partial charge in [0.15, 0.2) is 11.5 Å². The minimum absolute atomic E-state index is 0.283. The first kappa shape index (κ1) is 14.8.